The van der Waals surface area contributed by atoms with Crippen LogP contribution in [-0.2, 0) is 0 Å². The molecule has 0 unspecified atom stereocenters. The minimum absolute atomic E-state index is 0.169. The molecule has 0 heterocycles. The van der Waals surface area contributed by atoms with E-state index in [2.05, 4.69) is 0 Å². The molecule has 0 radical (unpaired) electrons. The van der Waals surface area contributed by atoms with Gasteiger partial charge < -0.3 is 0 Å². The lowest BCUT2D eigenvalue weighted by atomic mass is 10.1. The largest absolute Gasteiger partial charge is 0.204 e. The van der Waals surface area contributed by atoms with E-state index < -0.39 is 27.1 Å². The second-order valence-electron chi connectivity index (χ2n) is 3.26. The summed E-state index contributed by atoms with van der Waals surface area (Å²) in [6.07, 6.45) is 0. The molecule has 0 N–H and O–H groups in total. The molecule has 0 saturated heterocycles. The van der Waals surface area contributed by atoms with Crippen LogP contribution in [0.1, 0.15) is 0 Å². The minimum Gasteiger partial charge on any atom is -0.204 e. The summed E-state index contributed by atoms with van der Waals surface area (Å²) < 4.78 is 27.8. The fourth-order valence-electron chi connectivity index (χ4n) is 1.46. The summed E-state index contributed by atoms with van der Waals surface area (Å²) in [5.41, 5.74) is 0. The standard InChI is InChI=1S/C10Cl6F2/c11-3-1-2(9(17)7(15)5(3)13)10(18)8(16)6(14)4(1)12. The molecule has 0 saturated carbocycles. The van der Waals surface area contributed by atoms with E-state index in [-0.39, 0.29) is 25.5 Å². The Morgan fingerprint density at radius 2 is 0.778 bits per heavy atom. The van der Waals surface area contributed by atoms with Crippen LogP contribution in [0.4, 0.5) is 8.78 Å². The van der Waals surface area contributed by atoms with Crippen molar-refractivity contribution in [2.45, 2.75) is 0 Å². The molecule has 0 fully saturated rings. The van der Waals surface area contributed by atoms with Gasteiger partial charge in [-0.15, -0.1) is 0 Å². The maximum atomic E-state index is 13.9. The number of hydrogen-bond acceptors (Lipinski definition) is 0. The zero-order valence-electron chi connectivity index (χ0n) is 8.02. The highest BCUT2D eigenvalue weighted by Crippen LogP contribution is 2.47. The molecule has 0 aromatic heterocycles. The van der Waals surface area contributed by atoms with E-state index in [1.807, 2.05) is 0 Å². The van der Waals surface area contributed by atoms with E-state index in [0.29, 0.717) is 0 Å². The summed E-state index contributed by atoms with van der Waals surface area (Å²) in [6.45, 7) is 0. The molecule has 0 spiro atoms. The van der Waals surface area contributed by atoms with Crippen LogP contribution in [0.2, 0.25) is 30.1 Å². The Bertz CT molecular complexity index is 569. The number of rotatable bonds is 0. The molecule has 8 heteroatoms. The van der Waals surface area contributed by atoms with Crippen LogP contribution >= 0.6 is 69.6 Å². The SMILES string of the molecule is Fc1c(Cl)c(Cl)c(Cl)c2c(Cl)c(Cl)c(Cl)c(F)c12. The van der Waals surface area contributed by atoms with E-state index in [0.717, 1.165) is 0 Å². The van der Waals surface area contributed by atoms with Crippen LogP contribution in [0.15, 0.2) is 0 Å². The van der Waals surface area contributed by atoms with E-state index in [4.69, 9.17) is 69.6 Å². The van der Waals surface area contributed by atoms with Gasteiger partial charge in [0.1, 0.15) is 0 Å². The third-order valence-corrected chi connectivity index (χ3v) is 4.89. The lowest BCUT2D eigenvalue weighted by Crippen LogP contribution is -1.93. The lowest BCUT2D eigenvalue weighted by molar-refractivity contribution is 0.609. The van der Waals surface area contributed by atoms with Crippen LogP contribution < -0.4 is 0 Å². The van der Waals surface area contributed by atoms with Gasteiger partial charge in [0.05, 0.1) is 35.5 Å². The van der Waals surface area contributed by atoms with Crippen molar-refractivity contribution in [1.82, 2.24) is 0 Å². The molecule has 0 aliphatic carbocycles. The van der Waals surface area contributed by atoms with Crippen molar-refractivity contribution in [3.8, 4) is 0 Å². The molecule has 0 aliphatic heterocycles. The topological polar surface area (TPSA) is 0 Å². The molecule has 2 aromatic rings. The molecular weight excluding hydrogens is 371 g/mol. The smallest absolute Gasteiger partial charge is 0.154 e. The van der Waals surface area contributed by atoms with Gasteiger partial charge in [-0.25, -0.2) is 8.78 Å². The second kappa shape index (κ2) is 5.01. The second-order valence-corrected chi connectivity index (χ2v) is 5.53. The number of hydrogen-bond donors (Lipinski definition) is 0. The Kier molecular flexibility index (Phi) is 4.09. The monoisotopic (exact) mass is 368 g/mol. The predicted molar refractivity (Wildman–Crippen MR) is 73.9 cm³/mol. The van der Waals surface area contributed by atoms with Crippen molar-refractivity contribution in [3.63, 3.8) is 0 Å². The zero-order chi connectivity index (χ0) is 13.8. The maximum absolute atomic E-state index is 13.9. The van der Waals surface area contributed by atoms with Gasteiger partial charge in [0.25, 0.3) is 0 Å². The van der Waals surface area contributed by atoms with E-state index in [9.17, 15) is 8.78 Å². The highest BCUT2D eigenvalue weighted by Gasteiger charge is 2.25. The molecule has 2 rings (SSSR count). The van der Waals surface area contributed by atoms with Crippen molar-refractivity contribution in [2.75, 3.05) is 0 Å². The third kappa shape index (κ3) is 1.94. The summed E-state index contributed by atoms with van der Waals surface area (Å²) in [6, 6.07) is 0. The van der Waals surface area contributed by atoms with Crippen LogP contribution in [0.25, 0.3) is 10.8 Å². The van der Waals surface area contributed by atoms with Crippen molar-refractivity contribution < 1.29 is 8.78 Å². The van der Waals surface area contributed by atoms with Crippen molar-refractivity contribution in [3.05, 3.63) is 41.8 Å². The van der Waals surface area contributed by atoms with Crippen LogP contribution in [0.3, 0.4) is 0 Å². The van der Waals surface area contributed by atoms with Gasteiger partial charge in [0.2, 0.25) is 0 Å². The fraction of sp³-hybridized carbons (Fsp3) is 0. The molecule has 0 nitrogen and oxygen atoms in total. The highest BCUT2D eigenvalue weighted by atomic mass is 35.5. The molecule has 0 bridgehead atoms. The van der Waals surface area contributed by atoms with Gasteiger partial charge in [-0.1, -0.05) is 69.6 Å². The average Bonchev–Trinajstić information content (AvgIpc) is 2.35. The van der Waals surface area contributed by atoms with Crippen LogP contribution in [0, 0.1) is 11.6 Å². The summed E-state index contributed by atoms with van der Waals surface area (Å²) in [7, 11) is 0. The first-order valence-electron chi connectivity index (χ1n) is 4.26. The normalized spacial score (nSPS) is 11.3. The van der Waals surface area contributed by atoms with Crippen LogP contribution in [0.5, 0.6) is 0 Å². The summed E-state index contributed by atoms with van der Waals surface area (Å²) in [4.78, 5) is 0. The van der Waals surface area contributed by atoms with Crippen molar-refractivity contribution in [2.24, 2.45) is 0 Å². The Hall–Kier alpha value is 0.300. The first-order chi connectivity index (χ1) is 8.29. The molecule has 96 valence electrons. The van der Waals surface area contributed by atoms with E-state index >= 15 is 0 Å². The van der Waals surface area contributed by atoms with E-state index in [1.165, 1.54) is 0 Å². The maximum Gasteiger partial charge on any atom is 0.154 e. The molecule has 2 aromatic carbocycles. The molecule has 0 atom stereocenters. The quantitative estimate of drug-likeness (QED) is 0.344. The van der Waals surface area contributed by atoms with Gasteiger partial charge in [-0.3, -0.25) is 0 Å². The summed E-state index contributed by atoms with van der Waals surface area (Å²) >= 11 is 34.4. The van der Waals surface area contributed by atoms with Gasteiger partial charge in [-0.2, -0.15) is 0 Å². The number of benzene rings is 2. The van der Waals surface area contributed by atoms with Crippen molar-refractivity contribution >= 4 is 80.4 Å². The van der Waals surface area contributed by atoms with Crippen molar-refractivity contribution in [1.29, 1.82) is 0 Å². The molecule has 0 aliphatic rings. The lowest BCUT2D eigenvalue weighted by Gasteiger charge is -2.12. The average molecular weight is 371 g/mol. The van der Waals surface area contributed by atoms with E-state index in [1.54, 1.807) is 0 Å². The highest BCUT2D eigenvalue weighted by molar-refractivity contribution is 6.55. The first kappa shape index (κ1) is 14.7. The van der Waals surface area contributed by atoms with Gasteiger partial charge >= 0.3 is 0 Å². The molecular formula is C10Cl6F2. The summed E-state index contributed by atoms with van der Waals surface area (Å²) in [5.74, 6) is -2.20. The Morgan fingerprint density at radius 1 is 0.444 bits per heavy atom. The first-order valence-corrected chi connectivity index (χ1v) is 6.53. The molecule has 0 amide bonds. The third-order valence-electron chi connectivity index (χ3n) is 2.28. The molecule has 18 heavy (non-hydrogen) atoms. The fourth-order valence-corrected chi connectivity index (χ4v) is 2.90. The van der Waals surface area contributed by atoms with Crippen LogP contribution in [-0.4, -0.2) is 0 Å². The minimum atomic E-state index is -1.10. The Labute approximate surface area is 130 Å². The Balaban J connectivity index is 3.22. The predicted octanol–water partition coefficient (Wildman–Crippen LogP) is 7.04. The number of fused-ring (bicyclic) bond motifs is 1. The van der Waals surface area contributed by atoms with Gasteiger partial charge in [-0.05, 0) is 0 Å². The number of halogens is 8. The van der Waals surface area contributed by atoms with Gasteiger partial charge in [0, 0.05) is 5.39 Å². The van der Waals surface area contributed by atoms with Gasteiger partial charge in [0.15, 0.2) is 11.6 Å². The Morgan fingerprint density at radius 3 is 1.11 bits per heavy atom. The summed E-state index contributed by atoms with van der Waals surface area (Å²) in [5, 5.41) is -2.68. The zero-order valence-corrected chi connectivity index (χ0v) is 12.6.